The van der Waals surface area contributed by atoms with E-state index in [0.29, 0.717) is 12.5 Å². The molecule has 0 aliphatic carbocycles. The molecule has 0 radical (unpaired) electrons. The van der Waals surface area contributed by atoms with Crippen molar-refractivity contribution in [2.45, 2.75) is 0 Å². The largest absolute Gasteiger partial charge is 0.497 e. The van der Waals surface area contributed by atoms with Crippen LogP contribution in [0.4, 0.5) is 0 Å². The fourth-order valence-corrected chi connectivity index (χ4v) is 1.42. The number of hydrogen-bond acceptors (Lipinski definition) is 2. The Morgan fingerprint density at radius 1 is 1.46 bits per heavy atom. The van der Waals surface area contributed by atoms with E-state index in [1.165, 1.54) is 0 Å². The zero-order chi connectivity index (χ0) is 9.68. The van der Waals surface area contributed by atoms with Gasteiger partial charge in [-0.3, -0.25) is 0 Å². The summed E-state index contributed by atoms with van der Waals surface area (Å²) < 4.78 is 11.3. The summed E-state index contributed by atoms with van der Waals surface area (Å²) in [5.74, 6) is 2.06. The number of hydrogen-bond donors (Lipinski definition) is 0. The fraction of sp³-hybridized carbons (Fsp3) is 0.333. The SMILES string of the molecule is COc1ccc(OCCCl)c(Br)c1. The van der Waals surface area contributed by atoms with E-state index in [-0.39, 0.29) is 0 Å². The molecule has 1 aromatic carbocycles. The molecule has 0 fully saturated rings. The number of alkyl halides is 1. The normalized spacial score (nSPS) is 9.77. The summed E-state index contributed by atoms with van der Waals surface area (Å²) >= 11 is 8.87. The highest BCUT2D eigenvalue weighted by Gasteiger charge is 2.01. The molecule has 0 heterocycles. The van der Waals surface area contributed by atoms with Crippen LogP contribution >= 0.6 is 27.5 Å². The van der Waals surface area contributed by atoms with Crippen molar-refractivity contribution < 1.29 is 9.47 Å². The van der Waals surface area contributed by atoms with E-state index < -0.39 is 0 Å². The van der Waals surface area contributed by atoms with Crippen molar-refractivity contribution in [3.8, 4) is 11.5 Å². The van der Waals surface area contributed by atoms with Crippen LogP contribution < -0.4 is 9.47 Å². The predicted octanol–water partition coefficient (Wildman–Crippen LogP) is 3.08. The van der Waals surface area contributed by atoms with Gasteiger partial charge in [0.25, 0.3) is 0 Å². The second-order valence-corrected chi connectivity index (χ2v) is 3.57. The maximum absolute atomic E-state index is 5.50. The second kappa shape index (κ2) is 5.35. The van der Waals surface area contributed by atoms with Gasteiger partial charge in [0.2, 0.25) is 0 Å². The Balaban J connectivity index is 2.73. The number of benzene rings is 1. The fourth-order valence-electron chi connectivity index (χ4n) is 0.874. The third-order valence-corrected chi connectivity index (χ3v) is 2.25. The first kappa shape index (κ1) is 10.7. The van der Waals surface area contributed by atoms with Crippen molar-refractivity contribution >= 4 is 27.5 Å². The van der Waals surface area contributed by atoms with Crippen LogP contribution in [0.2, 0.25) is 0 Å². The summed E-state index contributed by atoms with van der Waals surface area (Å²) in [4.78, 5) is 0. The van der Waals surface area contributed by atoms with E-state index in [2.05, 4.69) is 15.9 Å². The Hall–Kier alpha value is -0.410. The lowest BCUT2D eigenvalue weighted by molar-refractivity contribution is 0.339. The Morgan fingerprint density at radius 2 is 2.23 bits per heavy atom. The van der Waals surface area contributed by atoms with E-state index in [1.54, 1.807) is 7.11 Å². The lowest BCUT2D eigenvalue weighted by Crippen LogP contribution is -1.98. The molecular weight excluding hydrogens is 255 g/mol. The Morgan fingerprint density at radius 3 is 2.77 bits per heavy atom. The predicted molar refractivity (Wildman–Crippen MR) is 56.9 cm³/mol. The quantitative estimate of drug-likeness (QED) is 0.779. The number of methoxy groups -OCH3 is 1. The van der Waals surface area contributed by atoms with Gasteiger partial charge < -0.3 is 9.47 Å². The molecular formula is C9H10BrClO2. The lowest BCUT2D eigenvalue weighted by Gasteiger charge is -2.07. The topological polar surface area (TPSA) is 18.5 Å². The molecule has 0 amide bonds. The van der Waals surface area contributed by atoms with Crippen LogP contribution in [-0.2, 0) is 0 Å². The van der Waals surface area contributed by atoms with E-state index in [4.69, 9.17) is 21.1 Å². The van der Waals surface area contributed by atoms with Gasteiger partial charge in [-0.1, -0.05) is 0 Å². The summed E-state index contributed by atoms with van der Waals surface area (Å²) in [5.41, 5.74) is 0. The lowest BCUT2D eigenvalue weighted by atomic mass is 10.3. The molecule has 0 aliphatic rings. The first-order valence-corrected chi connectivity index (χ1v) is 5.13. The minimum atomic E-state index is 0.485. The molecule has 72 valence electrons. The van der Waals surface area contributed by atoms with Crippen molar-refractivity contribution in [3.05, 3.63) is 22.7 Å². The highest BCUT2D eigenvalue weighted by molar-refractivity contribution is 9.10. The molecule has 1 aromatic rings. The molecule has 0 aromatic heterocycles. The average molecular weight is 266 g/mol. The maximum Gasteiger partial charge on any atom is 0.133 e. The monoisotopic (exact) mass is 264 g/mol. The van der Waals surface area contributed by atoms with Crippen LogP contribution in [0.1, 0.15) is 0 Å². The molecule has 0 saturated carbocycles. The minimum Gasteiger partial charge on any atom is -0.497 e. The van der Waals surface area contributed by atoms with E-state index in [9.17, 15) is 0 Å². The van der Waals surface area contributed by atoms with Gasteiger partial charge >= 0.3 is 0 Å². The van der Waals surface area contributed by atoms with E-state index in [0.717, 1.165) is 16.0 Å². The first-order chi connectivity index (χ1) is 6.27. The molecule has 4 heteroatoms. The van der Waals surface area contributed by atoms with Crippen LogP contribution in [-0.4, -0.2) is 19.6 Å². The third kappa shape index (κ3) is 3.08. The van der Waals surface area contributed by atoms with Gasteiger partial charge in [0.05, 0.1) is 17.5 Å². The zero-order valence-electron chi connectivity index (χ0n) is 7.22. The van der Waals surface area contributed by atoms with Gasteiger partial charge in [-0.25, -0.2) is 0 Å². The van der Waals surface area contributed by atoms with Gasteiger partial charge in [0.15, 0.2) is 0 Å². The highest BCUT2D eigenvalue weighted by Crippen LogP contribution is 2.28. The smallest absolute Gasteiger partial charge is 0.133 e. The molecule has 0 atom stereocenters. The number of halogens is 2. The third-order valence-electron chi connectivity index (χ3n) is 1.47. The standard InChI is InChI=1S/C9H10BrClO2/c1-12-7-2-3-9(8(10)6-7)13-5-4-11/h2-3,6H,4-5H2,1H3. The summed E-state index contributed by atoms with van der Waals surface area (Å²) in [6.07, 6.45) is 0. The molecule has 2 nitrogen and oxygen atoms in total. The van der Waals surface area contributed by atoms with Crippen LogP contribution in [0.3, 0.4) is 0 Å². The van der Waals surface area contributed by atoms with Gasteiger partial charge in [0, 0.05) is 0 Å². The van der Waals surface area contributed by atoms with Gasteiger partial charge in [-0.15, -0.1) is 11.6 Å². The van der Waals surface area contributed by atoms with Crippen LogP contribution in [0.5, 0.6) is 11.5 Å². The van der Waals surface area contributed by atoms with Crippen LogP contribution in [0.15, 0.2) is 22.7 Å². The number of rotatable bonds is 4. The zero-order valence-corrected chi connectivity index (χ0v) is 9.56. The van der Waals surface area contributed by atoms with E-state index >= 15 is 0 Å². The Kier molecular flexibility index (Phi) is 4.39. The Bertz CT molecular complexity index is 278. The molecule has 0 N–H and O–H groups in total. The van der Waals surface area contributed by atoms with Crippen molar-refractivity contribution in [2.75, 3.05) is 19.6 Å². The molecule has 0 unspecified atom stereocenters. The van der Waals surface area contributed by atoms with Crippen molar-refractivity contribution in [3.63, 3.8) is 0 Å². The van der Waals surface area contributed by atoms with Gasteiger partial charge in [0.1, 0.15) is 18.1 Å². The maximum atomic E-state index is 5.50. The molecule has 13 heavy (non-hydrogen) atoms. The molecule has 0 saturated heterocycles. The summed E-state index contributed by atoms with van der Waals surface area (Å²) in [5, 5.41) is 0. The van der Waals surface area contributed by atoms with Crippen LogP contribution in [0.25, 0.3) is 0 Å². The summed E-state index contributed by atoms with van der Waals surface area (Å²) in [6, 6.07) is 5.54. The van der Waals surface area contributed by atoms with Crippen molar-refractivity contribution in [2.24, 2.45) is 0 Å². The molecule has 1 rings (SSSR count). The molecule has 0 spiro atoms. The van der Waals surface area contributed by atoms with Crippen LogP contribution in [0, 0.1) is 0 Å². The summed E-state index contributed by atoms with van der Waals surface area (Å²) in [7, 11) is 1.63. The van der Waals surface area contributed by atoms with Gasteiger partial charge in [-0.2, -0.15) is 0 Å². The van der Waals surface area contributed by atoms with E-state index in [1.807, 2.05) is 18.2 Å². The molecule has 0 bridgehead atoms. The van der Waals surface area contributed by atoms with Crippen molar-refractivity contribution in [1.82, 2.24) is 0 Å². The average Bonchev–Trinajstić information content (AvgIpc) is 2.16. The first-order valence-electron chi connectivity index (χ1n) is 3.80. The van der Waals surface area contributed by atoms with Gasteiger partial charge in [-0.05, 0) is 34.1 Å². The highest BCUT2D eigenvalue weighted by atomic mass is 79.9. The van der Waals surface area contributed by atoms with Crippen molar-refractivity contribution in [1.29, 1.82) is 0 Å². The number of ether oxygens (including phenoxy) is 2. The molecule has 0 aliphatic heterocycles. The second-order valence-electron chi connectivity index (χ2n) is 2.33. The minimum absolute atomic E-state index is 0.485. The Labute approximate surface area is 90.9 Å². The summed E-state index contributed by atoms with van der Waals surface area (Å²) in [6.45, 7) is 0.506.